The highest BCUT2D eigenvalue weighted by Gasteiger charge is 2.22. The van der Waals surface area contributed by atoms with Crippen molar-refractivity contribution in [1.29, 1.82) is 5.26 Å². The Labute approximate surface area is 107 Å². The molecule has 3 heteroatoms. The van der Waals surface area contributed by atoms with Crippen LogP contribution in [-0.4, -0.2) is 18.5 Å². The number of ketones is 1. The van der Waals surface area contributed by atoms with Crippen LogP contribution in [0.1, 0.15) is 37.2 Å². The van der Waals surface area contributed by atoms with E-state index >= 15 is 0 Å². The van der Waals surface area contributed by atoms with E-state index in [1.807, 2.05) is 30.3 Å². The summed E-state index contributed by atoms with van der Waals surface area (Å²) in [6.07, 6.45) is 3.50. The highest BCUT2D eigenvalue weighted by Crippen LogP contribution is 2.22. The summed E-state index contributed by atoms with van der Waals surface area (Å²) in [5.41, 5.74) is 0.789. The predicted molar refractivity (Wildman–Crippen MR) is 68.0 cm³/mol. The number of nitrogens with zero attached hydrogens (tertiary/aromatic N) is 1. The van der Waals surface area contributed by atoms with Crippen LogP contribution >= 0.6 is 0 Å². The lowest BCUT2D eigenvalue weighted by molar-refractivity contribution is -0.120. The SMILES string of the molecule is N#CC(C(=O)CCC1CCCO1)c1ccccc1. The molecular formula is C15H17NO2. The summed E-state index contributed by atoms with van der Waals surface area (Å²) in [6.45, 7) is 0.805. The van der Waals surface area contributed by atoms with Crippen LogP contribution in [0.2, 0.25) is 0 Å². The van der Waals surface area contributed by atoms with E-state index in [0.29, 0.717) is 6.42 Å². The standard InChI is InChI=1S/C15H17NO2/c16-11-14(12-5-2-1-3-6-12)15(17)9-8-13-7-4-10-18-13/h1-3,5-6,13-14H,4,7-10H2. The molecule has 1 aromatic rings. The van der Waals surface area contributed by atoms with Crippen molar-refractivity contribution in [3.8, 4) is 6.07 Å². The van der Waals surface area contributed by atoms with Gasteiger partial charge in [0.05, 0.1) is 12.2 Å². The molecule has 1 aromatic carbocycles. The summed E-state index contributed by atoms with van der Waals surface area (Å²) >= 11 is 0. The van der Waals surface area contributed by atoms with Gasteiger partial charge in [-0.25, -0.2) is 0 Å². The molecule has 3 nitrogen and oxygen atoms in total. The maximum absolute atomic E-state index is 12.1. The zero-order chi connectivity index (χ0) is 12.8. The third-order valence-electron chi connectivity index (χ3n) is 3.32. The minimum atomic E-state index is -0.632. The van der Waals surface area contributed by atoms with Crippen molar-refractivity contribution in [2.45, 2.75) is 37.7 Å². The summed E-state index contributed by atoms with van der Waals surface area (Å²) in [7, 11) is 0. The zero-order valence-electron chi connectivity index (χ0n) is 10.3. The van der Waals surface area contributed by atoms with Crippen molar-refractivity contribution in [2.75, 3.05) is 6.61 Å². The van der Waals surface area contributed by atoms with Crippen molar-refractivity contribution < 1.29 is 9.53 Å². The van der Waals surface area contributed by atoms with Crippen LogP contribution in [0, 0.1) is 11.3 Å². The predicted octanol–water partition coefficient (Wildman–Crippen LogP) is 2.82. The zero-order valence-corrected chi connectivity index (χ0v) is 10.3. The van der Waals surface area contributed by atoms with Gasteiger partial charge in [-0.2, -0.15) is 5.26 Å². The maximum atomic E-state index is 12.1. The van der Waals surface area contributed by atoms with Gasteiger partial charge in [-0.1, -0.05) is 30.3 Å². The van der Waals surface area contributed by atoms with Crippen molar-refractivity contribution in [2.24, 2.45) is 0 Å². The van der Waals surface area contributed by atoms with Gasteiger partial charge in [0, 0.05) is 13.0 Å². The van der Waals surface area contributed by atoms with Crippen LogP contribution in [0.3, 0.4) is 0 Å². The fraction of sp³-hybridized carbons (Fsp3) is 0.467. The number of benzene rings is 1. The molecule has 0 amide bonds. The van der Waals surface area contributed by atoms with Gasteiger partial charge in [-0.05, 0) is 24.8 Å². The fourth-order valence-electron chi connectivity index (χ4n) is 2.30. The van der Waals surface area contributed by atoms with Gasteiger partial charge in [0.1, 0.15) is 5.92 Å². The molecule has 1 heterocycles. The first-order chi connectivity index (χ1) is 8.81. The first kappa shape index (κ1) is 12.8. The molecule has 0 spiro atoms. The Morgan fingerprint density at radius 1 is 1.44 bits per heavy atom. The van der Waals surface area contributed by atoms with E-state index in [1.54, 1.807) is 0 Å². The molecule has 0 N–H and O–H groups in total. The number of nitriles is 1. The van der Waals surface area contributed by atoms with Crippen LogP contribution in [-0.2, 0) is 9.53 Å². The summed E-state index contributed by atoms with van der Waals surface area (Å²) in [5, 5.41) is 9.14. The Morgan fingerprint density at radius 2 is 2.22 bits per heavy atom. The van der Waals surface area contributed by atoms with E-state index in [4.69, 9.17) is 10.00 Å². The largest absolute Gasteiger partial charge is 0.378 e. The van der Waals surface area contributed by atoms with E-state index in [0.717, 1.165) is 31.4 Å². The number of carbonyl (C=O) groups excluding carboxylic acids is 1. The average Bonchev–Trinajstić information content (AvgIpc) is 2.92. The van der Waals surface area contributed by atoms with Gasteiger partial charge >= 0.3 is 0 Å². The second-order valence-electron chi connectivity index (χ2n) is 4.61. The Hall–Kier alpha value is -1.66. The van der Waals surface area contributed by atoms with Crippen LogP contribution in [0.15, 0.2) is 30.3 Å². The number of rotatable bonds is 5. The van der Waals surface area contributed by atoms with E-state index in [9.17, 15) is 4.79 Å². The molecule has 0 aliphatic carbocycles. The smallest absolute Gasteiger partial charge is 0.154 e. The molecule has 0 aromatic heterocycles. The molecule has 1 fully saturated rings. The van der Waals surface area contributed by atoms with Gasteiger partial charge in [0.2, 0.25) is 0 Å². The summed E-state index contributed by atoms with van der Waals surface area (Å²) in [6, 6.07) is 11.4. The quantitative estimate of drug-likeness (QED) is 0.799. The van der Waals surface area contributed by atoms with Crippen LogP contribution in [0.25, 0.3) is 0 Å². The monoisotopic (exact) mass is 243 g/mol. The number of ether oxygens (including phenoxy) is 1. The van der Waals surface area contributed by atoms with Crippen LogP contribution < -0.4 is 0 Å². The van der Waals surface area contributed by atoms with Crippen LogP contribution in [0.4, 0.5) is 0 Å². The van der Waals surface area contributed by atoms with E-state index in [1.165, 1.54) is 0 Å². The normalized spacial score (nSPS) is 20.3. The van der Waals surface area contributed by atoms with Gasteiger partial charge < -0.3 is 4.74 Å². The molecule has 0 saturated carbocycles. The lowest BCUT2D eigenvalue weighted by Crippen LogP contribution is -2.14. The molecular weight excluding hydrogens is 226 g/mol. The number of carbonyl (C=O) groups is 1. The molecule has 0 bridgehead atoms. The summed E-state index contributed by atoms with van der Waals surface area (Å²) < 4.78 is 5.49. The van der Waals surface area contributed by atoms with Crippen LogP contribution in [0.5, 0.6) is 0 Å². The molecule has 94 valence electrons. The summed E-state index contributed by atoms with van der Waals surface area (Å²) in [5.74, 6) is -0.633. The molecule has 2 atom stereocenters. The molecule has 1 saturated heterocycles. The van der Waals surface area contributed by atoms with Gasteiger partial charge in [-0.15, -0.1) is 0 Å². The number of hydrogen-bond acceptors (Lipinski definition) is 3. The van der Waals surface area contributed by atoms with Crippen molar-refractivity contribution in [1.82, 2.24) is 0 Å². The molecule has 2 rings (SSSR count). The molecule has 1 aliphatic rings. The third kappa shape index (κ3) is 3.18. The van der Waals surface area contributed by atoms with E-state index < -0.39 is 5.92 Å². The fourth-order valence-corrected chi connectivity index (χ4v) is 2.30. The number of Topliss-reactive ketones (excluding diaryl/α,β-unsaturated/α-hetero) is 1. The van der Waals surface area contributed by atoms with Gasteiger partial charge in [-0.3, -0.25) is 4.79 Å². The average molecular weight is 243 g/mol. The van der Waals surface area contributed by atoms with Gasteiger partial charge in [0.15, 0.2) is 5.78 Å². The molecule has 2 unspecified atom stereocenters. The Bertz CT molecular complexity index is 430. The minimum Gasteiger partial charge on any atom is -0.378 e. The maximum Gasteiger partial charge on any atom is 0.154 e. The second-order valence-corrected chi connectivity index (χ2v) is 4.61. The second kappa shape index (κ2) is 6.32. The Morgan fingerprint density at radius 3 is 2.83 bits per heavy atom. The topological polar surface area (TPSA) is 50.1 Å². The summed E-state index contributed by atoms with van der Waals surface area (Å²) in [4.78, 5) is 12.1. The molecule has 1 aliphatic heterocycles. The lowest BCUT2D eigenvalue weighted by atomic mass is 9.92. The highest BCUT2D eigenvalue weighted by molar-refractivity contribution is 5.88. The van der Waals surface area contributed by atoms with Crippen molar-refractivity contribution in [3.05, 3.63) is 35.9 Å². The number of hydrogen-bond donors (Lipinski definition) is 0. The van der Waals surface area contributed by atoms with Crippen molar-refractivity contribution in [3.63, 3.8) is 0 Å². The third-order valence-corrected chi connectivity index (χ3v) is 3.32. The minimum absolute atomic E-state index is 0.000741. The molecule has 0 radical (unpaired) electrons. The Balaban J connectivity index is 1.92. The highest BCUT2D eigenvalue weighted by atomic mass is 16.5. The van der Waals surface area contributed by atoms with E-state index in [-0.39, 0.29) is 11.9 Å². The first-order valence-electron chi connectivity index (χ1n) is 6.40. The first-order valence-corrected chi connectivity index (χ1v) is 6.40. The molecule has 18 heavy (non-hydrogen) atoms. The Kier molecular flexibility index (Phi) is 4.49. The van der Waals surface area contributed by atoms with E-state index in [2.05, 4.69) is 6.07 Å². The van der Waals surface area contributed by atoms with Crippen molar-refractivity contribution >= 4 is 5.78 Å². The van der Waals surface area contributed by atoms with Gasteiger partial charge in [0.25, 0.3) is 0 Å². The lowest BCUT2D eigenvalue weighted by Gasteiger charge is -2.11.